The van der Waals surface area contributed by atoms with Gasteiger partial charge in [0, 0.05) is 17.5 Å². The molecular formula is C23H23N3O4S2. The van der Waals surface area contributed by atoms with E-state index in [0.717, 1.165) is 21.1 Å². The van der Waals surface area contributed by atoms with Gasteiger partial charge in [-0.15, -0.1) is 22.7 Å². The minimum atomic E-state index is -0.330. The van der Waals surface area contributed by atoms with E-state index in [1.807, 2.05) is 41.8 Å². The summed E-state index contributed by atoms with van der Waals surface area (Å²) in [5.41, 5.74) is 7.83. The van der Waals surface area contributed by atoms with E-state index in [1.165, 1.54) is 28.7 Å². The lowest BCUT2D eigenvalue weighted by Gasteiger charge is -2.26. The van der Waals surface area contributed by atoms with E-state index >= 15 is 0 Å². The standard InChI is InChI=1S/C23H23N3O4S2/c1-2-29-23(28)26-12-10-16-19(14-26)32-22(21(16)24)25-20(27)9-8-18-17(11-13-31-18)30-15-6-4-3-5-7-15/h3-9,11,13H,2,10,12,14,24H2,1H3,(H,25,27)/b9-8+. The van der Waals surface area contributed by atoms with Gasteiger partial charge in [0.2, 0.25) is 5.91 Å². The van der Waals surface area contributed by atoms with Crippen molar-refractivity contribution in [3.63, 3.8) is 0 Å². The summed E-state index contributed by atoms with van der Waals surface area (Å²) in [5.74, 6) is 1.14. The Morgan fingerprint density at radius 2 is 2.06 bits per heavy atom. The van der Waals surface area contributed by atoms with Crippen molar-refractivity contribution in [3.8, 4) is 11.5 Å². The molecule has 1 aliphatic rings. The maximum absolute atomic E-state index is 12.5. The second-order valence-corrected chi connectivity index (χ2v) is 9.06. The SMILES string of the molecule is CCOC(=O)N1CCc2c(sc(NC(=O)/C=C/c3sccc3Oc3ccccc3)c2N)C1. The first-order valence-electron chi connectivity index (χ1n) is 10.2. The maximum Gasteiger partial charge on any atom is 0.410 e. The summed E-state index contributed by atoms with van der Waals surface area (Å²) >= 11 is 2.88. The fourth-order valence-electron chi connectivity index (χ4n) is 3.33. The number of rotatable bonds is 6. The predicted octanol–water partition coefficient (Wildman–Crippen LogP) is 5.35. The Hall–Kier alpha value is -3.30. The van der Waals surface area contributed by atoms with Gasteiger partial charge in [0.1, 0.15) is 16.5 Å². The Labute approximate surface area is 194 Å². The molecule has 0 bridgehead atoms. The summed E-state index contributed by atoms with van der Waals surface area (Å²) in [6, 6.07) is 11.4. The Bertz CT molecular complexity index is 1140. The number of nitrogen functional groups attached to an aromatic ring is 1. The number of nitrogens with two attached hydrogens (primary N) is 1. The van der Waals surface area contributed by atoms with Crippen molar-refractivity contribution in [1.82, 2.24) is 4.90 Å². The number of hydrogen-bond acceptors (Lipinski definition) is 7. The number of para-hydroxylation sites is 1. The van der Waals surface area contributed by atoms with Crippen LogP contribution in [0.1, 0.15) is 22.2 Å². The van der Waals surface area contributed by atoms with Gasteiger partial charge in [-0.05, 0) is 48.6 Å². The topological polar surface area (TPSA) is 93.9 Å². The molecule has 1 aromatic carbocycles. The Morgan fingerprint density at radius 1 is 1.25 bits per heavy atom. The highest BCUT2D eigenvalue weighted by molar-refractivity contribution is 7.17. The second kappa shape index (κ2) is 9.88. The maximum atomic E-state index is 12.5. The molecule has 2 amide bonds. The van der Waals surface area contributed by atoms with Crippen LogP contribution in [0.4, 0.5) is 15.5 Å². The molecule has 0 saturated heterocycles. The van der Waals surface area contributed by atoms with Crippen molar-refractivity contribution in [1.29, 1.82) is 0 Å². The molecule has 4 rings (SSSR count). The van der Waals surface area contributed by atoms with Gasteiger partial charge in [-0.3, -0.25) is 4.79 Å². The van der Waals surface area contributed by atoms with Crippen molar-refractivity contribution < 1.29 is 19.1 Å². The summed E-state index contributed by atoms with van der Waals surface area (Å²) in [7, 11) is 0. The highest BCUT2D eigenvalue weighted by Gasteiger charge is 2.26. The number of anilines is 2. The van der Waals surface area contributed by atoms with Crippen LogP contribution < -0.4 is 15.8 Å². The van der Waals surface area contributed by atoms with E-state index < -0.39 is 0 Å². The van der Waals surface area contributed by atoms with Gasteiger partial charge in [0.05, 0.1) is 23.7 Å². The molecule has 0 aliphatic carbocycles. The van der Waals surface area contributed by atoms with Crippen LogP contribution in [0.3, 0.4) is 0 Å². The van der Waals surface area contributed by atoms with Crippen LogP contribution in [0.2, 0.25) is 0 Å². The zero-order valence-electron chi connectivity index (χ0n) is 17.5. The predicted molar refractivity (Wildman–Crippen MR) is 128 cm³/mol. The zero-order chi connectivity index (χ0) is 22.5. The molecule has 3 N–H and O–H groups in total. The van der Waals surface area contributed by atoms with Crippen LogP contribution >= 0.6 is 22.7 Å². The number of hydrogen-bond donors (Lipinski definition) is 2. The highest BCUT2D eigenvalue weighted by atomic mass is 32.1. The lowest BCUT2D eigenvalue weighted by atomic mass is 10.1. The minimum Gasteiger partial charge on any atom is -0.456 e. The number of nitrogens with zero attached hydrogens (tertiary/aromatic N) is 1. The molecule has 0 saturated carbocycles. The summed E-state index contributed by atoms with van der Waals surface area (Å²) in [6.45, 7) is 3.10. The fourth-order valence-corrected chi connectivity index (χ4v) is 5.22. The van der Waals surface area contributed by atoms with E-state index in [2.05, 4.69) is 5.32 Å². The number of carbonyl (C=O) groups excluding carboxylic acids is 2. The van der Waals surface area contributed by atoms with Crippen LogP contribution in [0.5, 0.6) is 11.5 Å². The van der Waals surface area contributed by atoms with Crippen LogP contribution in [-0.4, -0.2) is 30.1 Å². The monoisotopic (exact) mass is 469 g/mol. The Morgan fingerprint density at radius 3 is 2.84 bits per heavy atom. The van der Waals surface area contributed by atoms with Gasteiger partial charge in [0.25, 0.3) is 0 Å². The van der Waals surface area contributed by atoms with Crippen molar-refractivity contribution in [2.24, 2.45) is 0 Å². The van der Waals surface area contributed by atoms with Gasteiger partial charge in [-0.2, -0.15) is 0 Å². The Kier molecular flexibility index (Phi) is 6.77. The third-order valence-electron chi connectivity index (χ3n) is 4.87. The summed E-state index contributed by atoms with van der Waals surface area (Å²) in [6.07, 6.45) is 3.50. The minimum absolute atomic E-state index is 0.281. The van der Waals surface area contributed by atoms with Crippen molar-refractivity contribution in [2.45, 2.75) is 19.9 Å². The smallest absolute Gasteiger partial charge is 0.410 e. The first-order valence-corrected chi connectivity index (χ1v) is 11.9. The molecule has 0 atom stereocenters. The molecule has 9 heteroatoms. The van der Waals surface area contributed by atoms with Crippen LogP contribution in [0.25, 0.3) is 6.08 Å². The fraction of sp³-hybridized carbons (Fsp3) is 0.217. The van der Waals surface area contributed by atoms with Crippen molar-refractivity contribution in [3.05, 3.63) is 63.2 Å². The van der Waals surface area contributed by atoms with Crippen LogP contribution in [0, 0.1) is 0 Å². The molecule has 0 radical (unpaired) electrons. The van der Waals surface area contributed by atoms with Gasteiger partial charge in [-0.25, -0.2) is 4.79 Å². The van der Waals surface area contributed by atoms with E-state index in [9.17, 15) is 9.59 Å². The van der Waals surface area contributed by atoms with Crippen LogP contribution in [0.15, 0.2) is 47.9 Å². The van der Waals surface area contributed by atoms with Gasteiger partial charge < -0.3 is 25.4 Å². The quantitative estimate of drug-likeness (QED) is 0.475. The van der Waals surface area contributed by atoms with E-state index in [0.29, 0.717) is 42.6 Å². The molecule has 0 fully saturated rings. The molecule has 0 spiro atoms. The summed E-state index contributed by atoms with van der Waals surface area (Å²) < 4.78 is 11.0. The number of carbonyl (C=O) groups is 2. The van der Waals surface area contributed by atoms with Crippen LogP contribution in [-0.2, 0) is 22.5 Å². The highest BCUT2D eigenvalue weighted by Crippen LogP contribution is 2.39. The summed E-state index contributed by atoms with van der Waals surface area (Å²) in [4.78, 5) is 28.0. The third kappa shape index (κ3) is 4.95. The largest absolute Gasteiger partial charge is 0.456 e. The molecule has 7 nitrogen and oxygen atoms in total. The Balaban J connectivity index is 1.41. The zero-order valence-corrected chi connectivity index (χ0v) is 19.1. The molecule has 1 aliphatic heterocycles. The normalized spacial score (nSPS) is 13.1. The van der Waals surface area contributed by atoms with E-state index in [1.54, 1.807) is 17.9 Å². The number of amides is 2. The lowest BCUT2D eigenvalue weighted by molar-refractivity contribution is -0.111. The average molecular weight is 470 g/mol. The van der Waals surface area contributed by atoms with Gasteiger partial charge in [-0.1, -0.05) is 18.2 Å². The molecule has 3 aromatic rings. The van der Waals surface area contributed by atoms with E-state index in [-0.39, 0.29) is 12.0 Å². The number of ether oxygens (including phenoxy) is 2. The molecule has 2 aromatic heterocycles. The number of benzene rings is 1. The van der Waals surface area contributed by atoms with Gasteiger partial charge in [0.15, 0.2) is 0 Å². The first kappa shape index (κ1) is 21.9. The molecule has 0 unspecified atom stereocenters. The molecule has 166 valence electrons. The number of thiophene rings is 2. The lowest BCUT2D eigenvalue weighted by Crippen LogP contribution is -2.35. The van der Waals surface area contributed by atoms with Crippen molar-refractivity contribution in [2.75, 3.05) is 24.2 Å². The van der Waals surface area contributed by atoms with Gasteiger partial charge >= 0.3 is 6.09 Å². The molecular weight excluding hydrogens is 446 g/mol. The first-order chi connectivity index (χ1) is 15.5. The van der Waals surface area contributed by atoms with Crippen molar-refractivity contribution >= 4 is 51.4 Å². The average Bonchev–Trinajstić information content (AvgIpc) is 3.36. The summed E-state index contributed by atoms with van der Waals surface area (Å²) in [5, 5.41) is 5.38. The molecule has 3 heterocycles. The third-order valence-corrected chi connectivity index (χ3v) is 6.89. The molecule has 32 heavy (non-hydrogen) atoms. The van der Waals surface area contributed by atoms with E-state index in [4.69, 9.17) is 15.2 Å². The number of fused-ring (bicyclic) bond motifs is 1. The second-order valence-electron chi connectivity index (χ2n) is 7.00. The number of nitrogens with one attached hydrogen (secondary N) is 1.